The van der Waals surface area contributed by atoms with Crippen LogP contribution in [0.15, 0.2) is 113 Å². The zero-order chi connectivity index (χ0) is 61.1. The second-order valence-electron chi connectivity index (χ2n) is 17.6. The van der Waals surface area contributed by atoms with Crippen LogP contribution in [0, 0.1) is 0 Å². The third-order valence-corrected chi connectivity index (χ3v) is 15.9. The SMILES string of the molecule is COc1cc(-c2ccc(N=Nc3ccc4c(S(=O)(=O)O)cc(S(=O)(=O)O)c(NCC(O)C(O)C(O)C(O)CO)c4c3O)c(OC)c2)ccc1N=Nc1ccc2c(S(=O)(=O)O)cc(S(=O)(=O)O)c(NCC(O)C(O)C(O)C(O)CO)c2c1O. The summed E-state index contributed by atoms with van der Waals surface area (Å²) in [6.07, 6.45) is -16.7. The highest BCUT2D eigenvalue weighted by molar-refractivity contribution is 7.87. The van der Waals surface area contributed by atoms with E-state index >= 15 is 0 Å². The van der Waals surface area contributed by atoms with Crippen LogP contribution in [-0.2, 0) is 40.5 Å². The van der Waals surface area contributed by atoms with Crippen molar-refractivity contribution >= 4 is 96.1 Å². The first kappa shape index (κ1) is 64.3. The maximum atomic E-state index is 12.6. The number of aromatic hydroxyl groups is 2. The molecule has 8 unspecified atom stereocenters. The fraction of sp³-hybridized carbons (Fsp3) is 0.304. The van der Waals surface area contributed by atoms with Gasteiger partial charge in [-0.05, 0) is 59.7 Å². The van der Waals surface area contributed by atoms with Gasteiger partial charge in [-0.1, -0.05) is 24.3 Å². The van der Waals surface area contributed by atoms with Gasteiger partial charge in [0.05, 0.1) is 61.8 Å². The molecule has 0 spiro atoms. The molecule has 0 saturated heterocycles. The zero-order valence-corrected chi connectivity index (χ0v) is 45.3. The molecule has 32 nitrogen and oxygen atoms in total. The Morgan fingerprint density at radius 3 is 1.01 bits per heavy atom. The van der Waals surface area contributed by atoms with Gasteiger partial charge in [-0.25, -0.2) is 0 Å². The molecule has 0 amide bonds. The van der Waals surface area contributed by atoms with E-state index in [2.05, 4.69) is 31.1 Å². The second kappa shape index (κ2) is 25.3. The van der Waals surface area contributed by atoms with Crippen LogP contribution in [0.4, 0.5) is 34.1 Å². The number of fused-ring (bicyclic) bond motifs is 2. The van der Waals surface area contributed by atoms with Crippen molar-refractivity contribution < 1.29 is 123 Å². The van der Waals surface area contributed by atoms with E-state index in [1.54, 1.807) is 0 Å². The fourth-order valence-corrected chi connectivity index (χ4v) is 11.1. The molecule has 0 aliphatic heterocycles. The Labute approximate surface area is 463 Å². The van der Waals surface area contributed by atoms with E-state index in [1.807, 2.05) is 0 Å². The molecule has 6 aromatic rings. The summed E-state index contributed by atoms with van der Waals surface area (Å²) in [4.78, 5) is -4.81. The Hall–Kier alpha value is -6.92. The molecule has 6 aromatic carbocycles. The summed E-state index contributed by atoms with van der Waals surface area (Å²) in [5.41, 5.74) is -1.87. The predicted octanol–water partition coefficient (Wildman–Crippen LogP) is 0.602. The summed E-state index contributed by atoms with van der Waals surface area (Å²) in [7, 11) is -19.1. The van der Waals surface area contributed by atoms with E-state index in [-0.39, 0.29) is 22.9 Å². The Bertz CT molecular complexity index is 3680. The monoisotopic (exact) mass is 1230 g/mol. The van der Waals surface area contributed by atoms with Crippen LogP contribution in [-0.4, -0.2) is 203 Å². The fourth-order valence-electron chi connectivity index (χ4n) is 8.08. The quantitative estimate of drug-likeness (QED) is 0.0276. The minimum Gasteiger partial charge on any atom is -0.505 e. The summed E-state index contributed by atoms with van der Waals surface area (Å²) >= 11 is 0. The molecule has 0 heterocycles. The van der Waals surface area contributed by atoms with Crippen molar-refractivity contribution in [2.75, 3.05) is 51.2 Å². The maximum absolute atomic E-state index is 12.6. The van der Waals surface area contributed by atoms with Gasteiger partial charge in [-0.2, -0.15) is 33.7 Å². The van der Waals surface area contributed by atoms with Crippen LogP contribution >= 0.6 is 0 Å². The van der Waals surface area contributed by atoms with Crippen LogP contribution < -0.4 is 20.1 Å². The number of ether oxygens (including phenoxy) is 2. The van der Waals surface area contributed by atoms with Crippen molar-refractivity contribution in [3.63, 3.8) is 0 Å². The van der Waals surface area contributed by atoms with Gasteiger partial charge in [-0.15, -0.1) is 20.5 Å². The van der Waals surface area contributed by atoms with Gasteiger partial charge in [0.2, 0.25) is 0 Å². The van der Waals surface area contributed by atoms with Gasteiger partial charge in [0.25, 0.3) is 40.5 Å². The van der Waals surface area contributed by atoms with Crippen molar-refractivity contribution in [3.05, 3.63) is 72.8 Å². The number of phenols is 2. The molecule has 36 heteroatoms. The third-order valence-electron chi connectivity index (χ3n) is 12.3. The molecule has 0 saturated carbocycles. The lowest BCUT2D eigenvalue weighted by molar-refractivity contribution is -0.111. The first-order chi connectivity index (χ1) is 38.2. The predicted molar refractivity (Wildman–Crippen MR) is 283 cm³/mol. The Morgan fingerprint density at radius 1 is 0.427 bits per heavy atom. The van der Waals surface area contributed by atoms with E-state index in [9.17, 15) is 103 Å². The van der Waals surface area contributed by atoms with Crippen molar-refractivity contribution in [1.29, 1.82) is 0 Å². The van der Waals surface area contributed by atoms with Gasteiger partial charge in [-0.3, -0.25) is 18.2 Å². The number of phenolic OH excluding ortho intramolecular Hbond substituents is 2. The smallest absolute Gasteiger partial charge is 0.296 e. The highest BCUT2D eigenvalue weighted by Crippen LogP contribution is 2.48. The molecule has 0 aliphatic rings. The molecule has 0 aromatic heterocycles. The first-order valence-electron chi connectivity index (χ1n) is 23.1. The molecule has 0 bridgehead atoms. The van der Waals surface area contributed by atoms with Crippen molar-refractivity contribution in [2.24, 2.45) is 20.5 Å². The molecule has 446 valence electrons. The molecular weight excluding hydrogens is 1180 g/mol. The lowest BCUT2D eigenvalue weighted by Crippen LogP contribution is -2.48. The van der Waals surface area contributed by atoms with Gasteiger partial charge in [0, 0.05) is 23.9 Å². The van der Waals surface area contributed by atoms with E-state index in [4.69, 9.17) is 19.7 Å². The maximum Gasteiger partial charge on any atom is 0.296 e. The van der Waals surface area contributed by atoms with E-state index in [1.165, 1.54) is 50.6 Å². The molecule has 82 heavy (non-hydrogen) atoms. The average Bonchev–Trinajstić information content (AvgIpc) is 1.18. The minimum absolute atomic E-state index is 0.0220. The van der Waals surface area contributed by atoms with Gasteiger partial charge < -0.3 is 81.4 Å². The lowest BCUT2D eigenvalue weighted by atomic mass is 10.0. The Kier molecular flexibility index (Phi) is 19.8. The summed E-state index contributed by atoms with van der Waals surface area (Å²) < 4.78 is 152. The molecule has 0 radical (unpaired) electrons. The zero-order valence-electron chi connectivity index (χ0n) is 42.0. The molecule has 0 fully saturated rings. The molecule has 6 rings (SSSR count). The van der Waals surface area contributed by atoms with Crippen LogP contribution in [0.1, 0.15) is 0 Å². The van der Waals surface area contributed by atoms with E-state index in [0.717, 1.165) is 24.3 Å². The van der Waals surface area contributed by atoms with Crippen molar-refractivity contribution in [1.82, 2.24) is 0 Å². The summed E-state index contributed by atoms with van der Waals surface area (Å²) in [6.45, 7) is -3.96. The lowest BCUT2D eigenvalue weighted by Gasteiger charge is -2.26. The van der Waals surface area contributed by atoms with Crippen LogP contribution in [0.5, 0.6) is 23.0 Å². The molecule has 18 N–H and O–H groups in total. The number of nitrogens with zero attached hydrogens (tertiary/aromatic N) is 4. The van der Waals surface area contributed by atoms with Crippen molar-refractivity contribution in [3.8, 4) is 34.1 Å². The number of anilines is 2. The number of hydrogen-bond donors (Lipinski definition) is 18. The van der Waals surface area contributed by atoms with Gasteiger partial charge in [0.1, 0.15) is 90.5 Å². The van der Waals surface area contributed by atoms with Crippen LogP contribution in [0.3, 0.4) is 0 Å². The van der Waals surface area contributed by atoms with Gasteiger partial charge in [0.15, 0.2) is 11.5 Å². The largest absolute Gasteiger partial charge is 0.505 e. The van der Waals surface area contributed by atoms with Crippen molar-refractivity contribution in [2.45, 2.75) is 68.4 Å². The highest BCUT2D eigenvalue weighted by atomic mass is 32.2. The number of aliphatic hydroxyl groups excluding tert-OH is 10. The van der Waals surface area contributed by atoms with Crippen LogP contribution in [0.2, 0.25) is 0 Å². The molecular formula is C46H52N6O26S4. The average molecular weight is 1230 g/mol. The number of benzene rings is 6. The summed E-state index contributed by atoms with van der Waals surface area (Å²) in [5, 5.41) is 141. The number of nitrogens with one attached hydrogen (secondary N) is 2. The number of hydrogen-bond acceptors (Lipinski definition) is 28. The minimum atomic E-state index is -5.47. The number of methoxy groups -OCH3 is 2. The second-order valence-corrected chi connectivity index (χ2v) is 23.2. The van der Waals surface area contributed by atoms with E-state index in [0.29, 0.717) is 23.3 Å². The molecule has 0 aliphatic carbocycles. The standard InChI is InChI=1S/C46H52N6O26S4/c1-77-31-11-19(3-7-23(31)49-51-25-9-5-21-33(79(65,66)67)13-35(81(71,72)73)39(37(21)41(25)59)47-15-27(55)43(61)45(63)29(57)17-53)20-4-8-24(32(12-20)78-2)50-52-26-10-6-22-34(80(68,69)70)14-36(82(74,75)76)40(38(22)42(26)60)48-16-28(56)44(62)46(64)30(58)18-54/h3-14,27-30,43-48,53-64H,15-18H2,1-2H3,(H,65,66,67)(H,68,69,70)(H,71,72,73)(H,74,75,76). The Morgan fingerprint density at radius 2 is 0.720 bits per heavy atom. The number of azo groups is 2. The van der Waals surface area contributed by atoms with Gasteiger partial charge >= 0.3 is 0 Å². The van der Waals surface area contributed by atoms with Crippen LogP contribution in [0.25, 0.3) is 32.7 Å². The third kappa shape index (κ3) is 13.9. The topological polar surface area (TPSA) is 552 Å². The Balaban J connectivity index is 1.36. The van der Waals surface area contributed by atoms with E-state index < -0.39 is 191 Å². The number of rotatable bonds is 25. The highest BCUT2D eigenvalue weighted by Gasteiger charge is 2.35. The summed E-state index contributed by atoms with van der Waals surface area (Å²) in [5.74, 6) is -2.00. The summed E-state index contributed by atoms with van der Waals surface area (Å²) in [6, 6.07) is 13.3. The number of aliphatic hydroxyl groups is 10. The normalized spacial score (nSPS) is 15.8. The first-order valence-corrected chi connectivity index (χ1v) is 28.8. The molecule has 8 atom stereocenters.